The normalized spacial score (nSPS) is 22.0. The molecule has 23 heavy (non-hydrogen) atoms. The lowest BCUT2D eigenvalue weighted by molar-refractivity contribution is 0.103. The first-order valence-corrected chi connectivity index (χ1v) is 9.20. The molecule has 4 heteroatoms. The second kappa shape index (κ2) is 8.02. The summed E-state index contributed by atoms with van der Waals surface area (Å²) in [4.78, 5) is 2.63. The molecule has 1 saturated heterocycles. The monoisotopic (exact) mass is 318 g/mol. The molecule has 0 bridgehead atoms. The maximum absolute atomic E-state index is 10.0. The number of hydrogen-bond acceptors (Lipinski definition) is 4. The lowest BCUT2D eigenvalue weighted by Crippen LogP contribution is -2.47. The first kappa shape index (κ1) is 16.6. The Bertz CT molecular complexity index is 476. The molecule has 1 aliphatic carbocycles. The van der Waals surface area contributed by atoms with E-state index in [1.807, 2.05) is 6.92 Å². The van der Waals surface area contributed by atoms with E-state index in [1.165, 1.54) is 37.7 Å². The number of hydrogen-bond donors (Lipinski definition) is 2. The summed E-state index contributed by atoms with van der Waals surface area (Å²) in [5.74, 6) is 1.60. The number of phenolic OH excluding ortho intramolecular Hbond substituents is 1. The van der Waals surface area contributed by atoms with Crippen molar-refractivity contribution in [3.8, 4) is 11.5 Å². The van der Waals surface area contributed by atoms with Gasteiger partial charge >= 0.3 is 0 Å². The molecule has 1 saturated carbocycles. The maximum atomic E-state index is 10.0. The number of phenols is 1. The molecule has 3 rings (SSSR count). The highest BCUT2D eigenvalue weighted by Crippen LogP contribution is 2.40. The Hall–Kier alpha value is -1.26. The Morgan fingerprint density at radius 3 is 2.65 bits per heavy atom. The third kappa shape index (κ3) is 3.99. The quantitative estimate of drug-likeness (QED) is 0.874. The Labute approximate surface area is 139 Å². The zero-order valence-corrected chi connectivity index (χ0v) is 14.3. The maximum Gasteiger partial charge on any atom is 0.161 e. The van der Waals surface area contributed by atoms with Crippen molar-refractivity contribution < 1.29 is 9.84 Å². The molecule has 0 radical (unpaired) electrons. The van der Waals surface area contributed by atoms with Crippen molar-refractivity contribution in [2.45, 2.75) is 45.1 Å². The van der Waals surface area contributed by atoms with Crippen molar-refractivity contribution in [3.63, 3.8) is 0 Å². The van der Waals surface area contributed by atoms with Crippen molar-refractivity contribution in [2.24, 2.45) is 5.92 Å². The Kier molecular flexibility index (Phi) is 5.79. The number of rotatable bonds is 5. The fraction of sp³-hybridized carbons (Fsp3) is 0.684. The average molecular weight is 318 g/mol. The van der Waals surface area contributed by atoms with E-state index in [2.05, 4.69) is 22.3 Å². The third-order valence-corrected chi connectivity index (χ3v) is 5.27. The standard InChI is InChI=1S/C19H30N2O2/c1-2-23-18-14-16(8-9-17(18)22)19(15-6-4-3-5-7-15)21-12-10-20-11-13-21/h8-9,14-15,19-20,22H,2-7,10-13H2,1H3/t19-/m0/s1. The van der Waals surface area contributed by atoms with Gasteiger partial charge in [-0.2, -0.15) is 0 Å². The van der Waals surface area contributed by atoms with Crippen molar-refractivity contribution >= 4 is 0 Å². The van der Waals surface area contributed by atoms with Gasteiger partial charge in [0.25, 0.3) is 0 Å². The smallest absolute Gasteiger partial charge is 0.161 e. The molecule has 1 atom stereocenters. The summed E-state index contributed by atoms with van der Waals surface area (Å²) in [6.07, 6.45) is 6.72. The number of benzene rings is 1. The van der Waals surface area contributed by atoms with Gasteiger partial charge in [-0.05, 0) is 43.4 Å². The lowest BCUT2D eigenvalue weighted by atomic mass is 9.80. The minimum absolute atomic E-state index is 0.248. The Morgan fingerprint density at radius 1 is 1.22 bits per heavy atom. The van der Waals surface area contributed by atoms with Crippen molar-refractivity contribution in [1.29, 1.82) is 0 Å². The van der Waals surface area contributed by atoms with Gasteiger partial charge in [0.2, 0.25) is 0 Å². The Balaban J connectivity index is 1.88. The van der Waals surface area contributed by atoms with E-state index < -0.39 is 0 Å². The zero-order chi connectivity index (χ0) is 16.1. The average Bonchev–Trinajstić information content (AvgIpc) is 2.60. The predicted molar refractivity (Wildman–Crippen MR) is 93.0 cm³/mol. The minimum Gasteiger partial charge on any atom is -0.504 e. The van der Waals surface area contributed by atoms with Gasteiger partial charge in [-0.25, -0.2) is 0 Å². The molecule has 1 aliphatic heterocycles. The van der Waals surface area contributed by atoms with Gasteiger partial charge in [0.15, 0.2) is 11.5 Å². The molecule has 4 nitrogen and oxygen atoms in total. The molecule has 1 aromatic carbocycles. The molecule has 2 aliphatic rings. The van der Waals surface area contributed by atoms with E-state index in [9.17, 15) is 5.11 Å². The molecule has 0 unspecified atom stereocenters. The van der Waals surface area contributed by atoms with Gasteiger partial charge in [-0.3, -0.25) is 4.90 Å². The number of ether oxygens (including phenoxy) is 1. The molecule has 0 aromatic heterocycles. The van der Waals surface area contributed by atoms with Crippen LogP contribution in [0.15, 0.2) is 18.2 Å². The zero-order valence-electron chi connectivity index (χ0n) is 14.3. The molecule has 2 fully saturated rings. The summed E-state index contributed by atoms with van der Waals surface area (Å²) >= 11 is 0. The van der Waals surface area contributed by atoms with E-state index in [1.54, 1.807) is 6.07 Å². The number of aromatic hydroxyl groups is 1. The van der Waals surface area contributed by atoms with Gasteiger partial charge < -0.3 is 15.2 Å². The van der Waals surface area contributed by atoms with Crippen LogP contribution in [-0.4, -0.2) is 42.8 Å². The van der Waals surface area contributed by atoms with Gasteiger partial charge in [0, 0.05) is 32.2 Å². The van der Waals surface area contributed by atoms with Crippen LogP contribution in [0.2, 0.25) is 0 Å². The molecular weight excluding hydrogens is 288 g/mol. The number of nitrogens with one attached hydrogen (secondary N) is 1. The molecular formula is C19H30N2O2. The summed E-state index contributed by atoms with van der Waals surface area (Å²) in [6.45, 7) is 6.89. The minimum atomic E-state index is 0.248. The SMILES string of the molecule is CCOc1cc([C@H](C2CCCCC2)N2CCNCC2)ccc1O. The van der Waals surface area contributed by atoms with Crippen LogP contribution in [-0.2, 0) is 0 Å². The Morgan fingerprint density at radius 2 is 1.96 bits per heavy atom. The van der Waals surface area contributed by atoms with Crippen LogP contribution in [0.1, 0.15) is 50.6 Å². The predicted octanol–water partition coefficient (Wildman–Crippen LogP) is 3.32. The van der Waals surface area contributed by atoms with E-state index in [4.69, 9.17) is 4.74 Å². The second-order valence-corrected chi connectivity index (χ2v) is 6.79. The molecule has 1 heterocycles. The van der Waals surface area contributed by atoms with Crippen molar-refractivity contribution in [1.82, 2.24) is 10.2 Å². The first-order chi connectivity index (χ1) is 11.3. The number of piperazine rings is 1. The van der Waals surface area contributed by atoms with Crippen LogP contribution in [0.3, 0.4) is 0 Å². The topological polar surface area (TPSA) is 44.7 Å². The molecule has 128 valence electrons. The second-order valence-electron chi connectivity index (χ2n) is 6.79. The lowest BCUT2D eigenvalue weighted by Gasteiger charge is -2.41. The highest BCUT2D eigenvalue weighted by molar-refractivity contribution is 5.43. The summed E-state index contributed by atoms with van der Waals surface area (Å²) in [6, 6.07) is 6.43. The van der Waals surface area contributed by atoms with E-state index in [0.29, 0.717) is 18.4 Å². The summed E-state index contributed by atoms with van der Waals surface area (Å²) in [5, 5.41) is 13.5. The van der Waals surface area contributed by atoms with Gasteiger partial charge in [-0.1, -0.05) is 25.3 Å². The largest absolute Gasteiger partial charge is 0.504 e. The van der Waals surface area contributed by atoms with Crippen LogP contribution >= 0.6 is 0 Å². The first-order valence-electron chi connectivity index (χ1n) is 9.20. The van der Waals surface area contributed by atoms with Crippen molar-refractivity contribution in [3.05, 3.63) is 23.8 Å². The highest BCUT2D eigenvalue weighted by atomic mass is 16.5. The molecule has 0 amide bonds. The van der Waals surface area contributed by atoms with Crippen LogP contribution < -0.4 is 10.1 Å². The van der Waals surface area contributed by atoms with Crippen molar-refractivity contribution in [2.75, 3.05) is 32.8 Å². The van der Waals surface area contributed by atoms with Crippen LogP contribution in [0.4, 0.5) is 0 Å². The fourth-order valence-corrected chi connectivity index (χ4v) is 4.18. The summed E-state index contributed by atoms with van der Waals surface area (Å²) in [7, 11) is 0. The summed E-state index contributed by atoms with van der Waals surface area (Å²) < 4.78 is 5.62. The van der Waals surface area contributed by atoms with Crippen LogP contribution in [0.25, 0.3) is 0 Å². The third-order valence-electron chi connectivity index (χ3n) is 5.27. The van der Waals surface area contributed by atoms with E-state index in [-0.39, 0.29) is 5.75 Å². The van der Waals surface area contributed by atoms with E-state index in [0.717, 1.165) is 32.1 Å². The van der Waals surface area contributed by atoms with Gasteiger partial charge in [0.05, 0.1) is 6.61 Å². The summed E-state index contributed by atoms with van der Waals surface area (Å²) in [5.41, 5.74) is 1.31. The fourth-order valence-electron chi connectivity index (χ4n) is 4.18. The van der Waals surface area contributed by atoms with Gasteiger partial charge in [0.1, 0.15) is 0 Å². The highest BCUT2D eigenvalue weighted by Gasteiger charge is 2.31. The van der Waals surface area contributed by atoms with Gasteiger partial charge in [-0.15, -0.1) is 0 Å². The van der Waals surface area contributed by atoms with Crippen LogP contribution in [0.5, 0.6) is 11.5 Å². The van der Waals surface area contributed by atoms with Crippen LogP contribution in [0, 0.1) is 5.92 Å². The molecule has 2 N–H and O–H groups in total. The van der Waals surface area contributed by atoms with E-state index >= 15 is 0 Å². The molecule has 0 spiro atoms. The molecule has 1 aromatic rings. The number of nitrogens with zero attached hydrogens (tertiary/aromatic N) is 1.